The smallest absolute Gasteiger partial charge is 0.140 e. The lowest BCUT2D eigenvalue weighted by Gasteiger charge is -2.13. The van der Waals surface area contributed by atoms with Crippen molar-refractivity contribution in [1.29, 1.82) is 0 Å². The first kappa shape index (κ1) is 18.1. The monoisotopic (exact) mass is 395 g/mol. The van der Waals surface area contributed by atoms with E-state index >= 15 is 0 Å². The molecule has 4 nitrogen and oxygen atoms in total. The van der Waals surface area contributed by atoms with Gasteiger partial charge in [0, 0.05) is 11.9 Å². The first-order chi connectivity index (χ1) is 13.2. The van der Waals surface area contributed by atoms with E-state index in [1.54, 1.807) is 22.7 Å². The Hall–Kier alpha value is -2.28. The Kier molecular flexibility index (Phi) is 5.48. The van der Waals surface area contributed by atoms with E-state index in [4.69, 9.17) is 14.7 Å². The van der Waals surface area contributed by atoms with Gasteiger partial charge in [0.05, 0.1) is 22.5 Å². The van der Waals surface area contributed by atoms with E-state index in [-0.39, 0.29) is 0 Å². The van der Waals surface area contributed by atoms with Crippen LogP contribution in [0.1, 0.15) is 21.3 Å². The lowest BCUT2D eigenvalue weighted by Crippen LogP contribution is -2.17. The third kappa shape index (κ3) is 4.71. The van der Waals surface area contributed by atoms with Gasteiger partial charge in [0.1, 0.15) is 22.4 Å². The largest absolute Gasteiger partial charge is 0.486 e. The van der Waals surface area contributed by atoms with Crippen LogP contribution in [0.5, 0.6) is 5.75 Å². The van der Waals surface area contributed by atoms with Crippen molar-refractivity contribution in [1.82, 2.24) is 14.9 Å². The number of thiazole rings is 2. The summed E-state index contributed by atoms with van der Waals surface area (Å²) in [7, 11) is 2.11. The van der Waals surface area contributed by atoms with Crippen LogP contribution in [-0.2, 0) is 19.7 Å². The molecule has 138 valence electrons. The van der Waals surface area contributed by atoms with Gasteiger partial charge < -0.3 is 4.74 Å². The average Bonchev–Trinajstić information content (AvgIpc) is 3.27. The third-order valence-electron chi connectivity index (χ3n) is 4.16. The van der Waals surface area contributed by atoms with Gasteiger partial charge in [-0.2, -0.15) is 0 Å². The molecule has 0 aliphatic heterocycles. The number of para-hydroxylation sites is 1. The Morgan fingerprint density at radius 2 is 1.78 bits per heavy atom. The summed E-state index contributed by atoms with van der Waals surface area (Å²) in [5.41, 5.74) is 3.39. The highest BCUT2D eigenvalue weighted by Crippen LogP contribution is 2.23. The molecule has 4 rings (SSSR count). The average molecular weight is 396 g/mol. The van der Waals surface area contributed by atoms with Crippen LogP contribution < -0.4 is 4.74 Å². The highest BCUT2D eigenvalue weighted by molar-refractivity contribution is 7.18. The summed E-state index contributed by atoms with van der Waals surface area (Å²) in [5.74, 6) is 0.880. The first-order valence-electron chi connectivity index (χ1n) is 8.81. The Bertz CT molecular complexity index is 990. The predicted molar refractivity (Wildman–Crippen MR) is 112 cm³/mol. The maximum absolute atomic E-state index is 5.82. The van der Waals surface area contributed by atoms with Gasteiger partial charge in [0.2, 0.25) is 0 Å². The Morgan fingerprint density at radius 3 is 2.59 bits per heavy atom. The number of benzene rings is 2. The zero-order chi connectivity index (χ0) is 18.6. The Labute approximate surface area is 167 Å². The van der Waals surface area contributed by atoms with Crippen molar-refractivity contribution >= 4 is 32.9 Å². The van der Waals surface area contributed by atoms with Crippen molar-refractivity contribution in [3.05, 3.63) is 75.2 Å². The van der Waals surface area contributed by atoms with Gasteiger partial charge in [0.15, 0.2) is 0 Å². The second-order valence-corrected chi connectivity index (χ2v) is 8.64. The Morgan fingerprint density at radius 1 is 0.963 bits per heavy atom. The van der Waals surface area contributed by atoms with Gasteiger partial charge in [-0.3, -0.25) is 4.90 Å². The van der Waals surface area contributed by atoms with E-state index in [0.717, 1.165) is 40.1 Å². The highest BCUT2D eigenvalue weighted by Gasteiger charge is 2.10. The van der Waals surface area contributed by atoms with E-state index in [2.05, 4.69) is 54.6 Å². The molecule has 0 radical (unpaired) electrons. The molecule has 0 amide bonds. The van der Waals surface area contributed by atoms with Crippen molar-refractivity contribution in [3.8, 4) is 5.75 Å². The number of rotatable bonds is 7. The number of ether oxygens (including phenoxy) is 1. The highest BCUT2D eigenvalue weighted by atomic mass is 32.1. The zero-order valence-corrected chi connectivity index (χ0v) is 17.0. The molecule has 0 aliphatic rings. The number of aromatic nitrogens is 2. The topological polar surface area (TPSA) is 38.2 Å². The summed E-state index contributed by atoms with van der Waals surface area (Å²) < 4.78 is 7.06. The van der Waals surface area contributed by atoms with Crippen molar-refractivity contribution < 1.29 is 4.74 Å². The predicted octanol–water partition coefficient (Wildman–Crippen LogP) is 5.27. The quantitative estimate of drug-likeness (QED) is 0.427. The molecular formula is C21H21N3OS2. The van der Waals surface area contributed by atoms with Crippen molar-refractivity contribution in [2.75, 3.05) is 7.05 Å². The molecule has 0 fully saturated rings. The molecule has 4 aromatic rings. The van der Waals surface area contributed by atoms with E-state index in [9.17, 15) is 0 Å². The standard InChI is InChI=1S/C21H21N3OS2/c1-15-7-9-17(10-8-15)25-13-21-22-16(14-26-21)11-24(2)12-20-23-18-5-3-4-6-19(18)27-20/h3-10,14H,11-13H2,1-2H3. The fourth-order valence-corrected chi connectivity index (χ4v) is 4.56. The van der Waals surface area contributed by atoms with Gasteiger partial charge in [-0.1, -0.05) is 29.8 Å². The second kappa shape index (κ2) is 8.17. The molecule has 0 spiro atoms. The summed E-state index contributed by atoms with van der Waals surface area (Å²) in [4.78, 5) is 11.7. The lowest BCUT2D eigenvalue weighted by molar-refractivity contribution is 0.300. The molecule has 27 heavy (non-hydrogen) atoms. The molecule has 0 bridgehead atoms. The van der Waals surface area contributed by atoms with Crippen LogP contribution in [-0.4, -0.2) is 21.9 Å². The van der Waals surface area contributed by atoms with Crippen LogP contribution in [0.15, 0.2) is 53.9 Å². The number of hydrogen-bond donors (Lipinski definition) is 0. The molecule has 0 atom stereocenters. The lowest BCUT2D eigenvalue weighted by atomic mass is 10.2. The summed E-state index contributed by atoms with van der Waals surface area (Å²) in [6.45, 7) is 4.21. The minimum absolute atomic E-state index is 0.509. The van der Waals surface area contributed by atoms with E-state index < -0.39 is 0 Å². The van der Waals surface area contributed by atoms with Gasteiger partial charge in [-0.15, -0.1) is 22.7 Å². The summed E-state index contributed by atoms with van der Waals surface area (Å²) in [5, 5.41) is 4.25. The normalized spacial score (nSPS) is 11.4. The minimum atomic E-state index is 0.509. The van der Waals surface area contributed by atoms with E-state index in [1.807, 2.05) is 18.2 Å². The molecule has 2 aromatic heterocycles. The Balaban J connectivity index is 1.32. The maximum Gasteiger partial charge on any atom is 0.140 e. The second-order valence-electron chi connectivity index (χ2n) is 6.58. The number of nitrogens with zero attached hydrogens (tertiary/aromatic N) is 3. The van der Waals surface area contributed by atoms with Crippen LogP contribution in [0.4, 0.5) is 0 Å². The number of hydrogen-bond acceptors (Lipinski definition) is 6. The summed E-state index contributed by atoms with van der Waals surface area (Å²) in [6.07, 6.45) is 0. The molecule has 0 saturated carbocycles. The summed E-state index contributed by atoms with van der Waals surface area (Å²) >= 11 is 3.41. The van der Waals surface area contributed by atoms with Crippen LogP contribution in [0.3, 0.4) is 0 Å². The first-order valence-corrected chi connectivity index (χ1v) is 10.5. The molecular weight excluding hydrogens is 374 g/mol. The van der Waals surface area contributed by atoms with Gasteiger partial charge in [0.25, 0.3) is 0 Å². The molecule has 6 heteroatoms. The van der Waals surface area contributed by atoms with Crippen molar-refractivity contribution in [2.24, 2.45) is 0 Å². The zero-order valence-electron chi connectivity index (χ0n) is 15.4. The van der Waals surface area contributed by atoms with E-state index in [0.29, 0.717) is 6.61 Å². The summed E-state index contributed by atoms with van der Waals surface area (Å²) in [6, 6.07) is 16.4. The van der Waals surface area contributed by atoms with Crippen LogP contribution in [0.25, 0.3) is 10.2 Å². The minimum Gasteiger partial charge on any atom is -0.486 e. The SMILES string of the molecule is Cc1ccc(OCc2nc(CN(C)Cc3nc4ccccc4s3)cs2)cc1. The van der Waals surface area contributed by atoms with Crippen LogP contribution in [0.2, 0.25) is 0 Å². The molecule has 2 heterocycles. The van der Waals surface area contributed by atoms with Crippen molar-refractivity contribution in [3.63, 3.8) is 0 Å². The maximum atomic E-state index is 5.82. The molecule has 0 aliphatic carbocycles. The van der Waals surface area contributed by atoms with E-state index in [1.165, 1.54) is 10.3 Å². The molecule has 0 saturated heterocycles. The van der Waals surface area contributed by atoms with Gasteiger partial charge in [-0.25, -0.2) is 9.97 Å². The third-order valence-corrected chi connectivity index (χ3v) is 6.05. The number of aryl methyl sites for hydroxylation is 1. The molecule has 2 aromatic carbocycles. The van der Waals surface area contributed by atoms with Crippen LogP contribution in [0, 0.1) is 6.92 Å². The van der Waals surface area contributed by atoms with Crippen molar-refractivity contribution in [2.45, 2.75) is 26.6 Å². The molecule has 0 unspecified atom stereocenters. The molecule has 0 N–H and O–H groups in total. The van der Waals surface area contributed by atoms with Gasteiger partial charge in [-0.05, 0) is 38.2 Å². The number of fused-ring (bicyclic) bond motifs is 1. The fraction of sp³-hybridized carbons (Fsp3) is 0.238. The van der Waals surface area contributed by atoms with Crippen LogP contribution >= 0.6 is 22.7 Å². The fourth-order valence-electron chi connectivity index (χ4n) is 2.82. The van der Waals surface area contributed by atoms with Gasteiger partial charge >= 0.3 is 0 Å².